The molecule has 0 amide bonds. The first-order valence-electron chi connectivity index (χ1n) is 8.40. The van der Waals surface area contributed by atoms with Gasteiger partial charge < -0.3 is 14.9 Å². The molecule has 138 valence electrons. The zero-order valence-corrected chi connectivity index (χ0v) is 15.6. The maximum atomic E-state index is 12.5. The Morgan fingerprint density at radius 2 is 1.58 bits per heavy atom. The number of hydrogen-bond acceptors (Lipinski definition) is 3. The second kappa shape index (κ2) is 7.29. The topological polar surface area (TPSA) is 107 Å². The minimum atomic E-state index is -0.620. The van der Waals surface area contributed by atoms with E-state index in [1.807, 2.05) is 6.92 Å². The molecule has 2 heterocycles. The highest BCUT2D eigenvalue weighted by Crippen LogP contribution is 2.38. The van der Waals surface area contributed by atoms with Crippen molar-refractivity contribution in [3.8, 4) is 5.75 Å². The lowest BCUT2D eigenvalue weighted by Crippen LogP contribution is -2.21. The molecule has 0 aliphatic rings. The Kier molecular flexibility index (Phi) is 5.08. The predicted molar refractivity (Wildman–Crippen MR) is 100 cm³/mol. The fraction of sp³-hybridized carbons (Fsp3) is 0.333. The number of aromatic nitrogens is 4. The highest BCUT2D eigenvalue weighted by Gasteiger charge is 2.30. The lowest BCUT2D eigenvalue weighted by Gasteiger charge is -2.20. The van der Waals surface area contributed by atoms with E-state index < -0.39 is 5.92 Å². The van der Waals surface area contributed by atoms with Gasteiger partial charge in [-0.3, -0.25) is 19.8 Å². The van der Waals surface area contributed by atoms with Gasteiger partial charge in [0.1, 0.15) is 5.75 Å². The monoisotopic (exact) mass is 376 g/mol. The third kappa shape index (κ3) is 3.22. The van der Waals surface area contributed by atoms with Gasteiger partial charge in [-0.2, -0.15) is 0 Å². The lowest BCUT2D eigenvalue weighted by atomic mass is 9.85. The van der Waals surface area contributed by atoms with Crippen molar-refractivity contribution in [2.75, 3.05) is 6.61 Å². The van der Waals surface area contributed by atoms with Gasteiger partial charge in [0.05, 0.1) is 23.7 Å². The Morgan fingerprint density at radius 3 is 2.04 bits per heavy atom. The Bertz CT molecular complexity index is 973. The normalized spacial score (nSPS) is 11.3. The predicted octanol–water partition coefficient (Wildman–Crippen LogP) is 2.96. The second-order valence-corrected chi connectivity index (χ2v) is 6.64. The molecule has 0 saturated heterocycles. The largest absolute Gasteiger partial charge is 0.493 e. The first-order valence-corrected chi connectivity index (χ1v) is 8.78. The Balaban J connectivity index is 2.31. The molecule has 4 N–H and O–H groups in total. The SMILES string of the molecule is CCCOc1ccc(Cl)cc1C(c1c(C)[nH][nH]c1=O)c1c(C)[nH][nH]c1=O. The molecule has 0 aliphatic carbocycles. The van der Waals surface area contributed by atoms with Gasteiger partial charge in [0.15, 0.2) is 0 Å². The summed E-state index contributed by atoms with van der Waals surface area (Å²) in [5.41, 5.74) is 2.33. The summed E-state index contributed by atoms with van der Waals surface area (Å²) in [7, 11) is 0. The standard InChI is InChI=1S/C18H21ClN4O3/c1-4-7-26-13-6-5-11(19)8-12(13)16(14-9(2)20-22-17(14)24)15-10(3)21-23-18(15)25/h5-6,8,16H,4,7H2,1-3H3,(H2,20,22,24)(H2,21,23,25). The summed E-state index contributed by atoms with van der Waals surface area (Å²) in [6, 6.07) is 5.25. The zero-order valence-electron chi connectivity index (χ0n) is 14.8. The number of halogens is 1. The lowest BCUT2D eigenvalue weighted by molar-refractivity contribution is 0.314. The molecule has 0 spiro atoms. The van der Waals surface area contributed by atoms with E-state index >= 15 is 0 Å². The van der Waals surface area contributed by atoms with E-state index in [1.165, 1.54) is 0 Å². The van der Waals surface area contributed by atoms with E-state index in [4.69, 9.17) is 16.3 Å². The second-order valence-electron chi connectivity index (χ2n) is 6.20. The van der Waals surface area contributed by atoms with Crippen molar-refractivity contribution in [3.05, 3.63) is 72.0 Å². The molecule has 0 aliphatic heterocycles. The third-order valence-electron chi connectivity index (χ3n) is 4.35. The quantitative estimate of drug-likeness (QED) is 0.531. The maximum Gasteiger partial charge on any atom is 0.268 e. The van der Waals surface area contributed by atoms with E-state index in [1.54, 1.807) is 32.0 Å². The van der Waals surface area contributed by atoms with Gasteiger partial charge in [0, 0.05) is 22.0 Å². The van der Waals surface area contributed by atoms with Crippen LogP contribution in [0.4, 0.5) is 0 Å². The molecule has 0 unspecified atom stereocenters. The van der Waals surface area contributed by atoms with Crippen LogP contribution in [0.1, 0.15) is 47.3 Å². The summed E-state index contributed by atoms with van der Waals surface area (Å²) >= 11 is 6.23. The number of ether oxygens (including phenoxy) is 1. The van der Waals surface area contributed by atoms with Crippen molar-refractivity contribution in [1.29, 1.82) is 0 Å². The first kappa shape index (κ1) is 18.1. The zero-order chi connectivity index (χ0) is 18.8. The molecule has 2 aromatic heterocycles. The number of nitrogens with one attached hydrogen (secondary N) is 4. The fourth-order valence-electron chi connectivity index (χ4n) is 3.15. The van der Waals surface area contributed by atoms with Crippen molar-refractivity contribution >= 4 is 11.6 Å². The number of aryl methyl sites for hydroxylation is 2. The van der Waals surface area contributed by atoms with Crippen LogP contribution in [-0.4, -0.2) is 27.0 Å². The summed E-state index contributed by atoms with van der Waals surface area (Å²) in [5, 5.41) is 11.3. The minimum absolute atomic E-state index is 0.283. The average Bonchev–Trinajstić information content (AvgIpc) is 3.11. The summed E-state index contributed by atoms with van der Waals surface area (Å²) in [4.78, 5) is 25.0. The molecule has 8 heteroatoms. The van der Waals surface area contributed by atoms with E-state index in [0.717, 1.165) is 6.42 Å². The van der Waals surface area contributed by atoms with Crippen LogP contribution < -0.4 is 15.9 Å². The molecule has 3 rings (SSSR count). The van der Waals surface area contributed by atoms with Crippen LogP contribution in [0.3, 0.4) is 0 Å². The van der Waals surface area contributed by atoms with Crippen LogP contribution >= 0.6 is 11.6 Å². The smallest absolute Gasteiger partial charge is 0.268 e. The Labute approximate surface area is 154 Å². The average molecular weight is 377 g/mol. The number of rotatable bonds is 6. The van der Waals surface area contributed by atoms with Gasteiger partial charge >= 0.3 is 0 Å². The van der Waals surface area contributed by atoms with E-state index in [0.29, 0.717) is 45.5 Å². The van der Waals surface area contributed by atoms with Gasteiger partial charge in [0.25, 0.3) is 11.1 Å². The van der Waals surface area contributed by atoms with Crippen molar-refractivity contribution in [1.82, 2.24) is 20.4 Å². The highest BCUT2D eigenvalue weighted by molar-refractivity contribution is 6.30. The summed E-state index contributed by atoms with van der Waals surface area (Å²) in [6.07, 6.45) is 0.834. The first-order chi connectivity index (χ1) is 12.4. The summed E-state index contributed by atoms with van der Waals surface area (Å²) in [5.74, 6) is -0.0215. The molecular formula is C18H21ClN4O3. The molecule has 0 saturated carbocycles. The van der Waals surface area contributed by atoms with Crippen LogP contribution in [0.2, 0.25) is 5.02 Å². The minimum Gasteiger partial charge on any atom is -0.493 e. The van der Waals surface area contributed by atoms with E-state index in [9.17, 15) is 9.59 Å². The Morgan fingerprint density at radius 1 is 1.00 bits per heavy atom. The highest BCUT2D eigenvalue weighted by atomic mass is 35.5. The third-order valence-corrected chi connectivity index (χ3v) is 4.58. The van der Waals surface area contributed by atoms with Crippen molar-refractivity contribution in [3.63, 3.8) is 0 Å². The van der Waals surface area contributed by atoms with Gasteiger partial charge in [-0.15, -0.1) is 0 Å². The van der Waals surface area contributed by atoms with Crippen LogP contribution in [-0.2, 0) is 0 Å². The van der Waals surface area contributed by atoms with Crippen LogP contribution in [0, 0.1) is 13.8 Å². The fourth-order valence-corrected chi connectivity index (χ4v) is 3.33. The van der Waals surface area contributed by atoms with Crippen LogP contribution in [0.5, 0.6) is 5.75 Å². The Hall–Kier alpha value is -2.67. The molecule has 0 bridgehead atoms. The van der Waals surface area contributed by atoms with E-state index in [2.05, 4.69) is 20.4 Å². The number of H-pyrrole nitrogens is 4. The molecule has 26 heavy (non-hydrogen) atoms. The molecular weight excluding hydrogens is 356 g/mol. The molecule has 0 radical (unpaired) electrons. The molecule has 0 atom stereocenters. The van der Waals surface area contributed by atoms with Gasteiger partial charge in [-0.1, -0.05) is 18.5 Å². The molecule has 0 fully saturated rings. The van der Waals surface area contributed by atoms with Gasteiger partial charge in [0.2, 0.25) is 0 Å². The number of hydrogen-bond donors (Lipinski definition) is 4. The maximum absolute atomic E-state index is 12.5. The van der Waals surface area contributed by atoms with E-state index in [-0.39, 0.29) is 11.1 Å². The summed E-state index contributed by atoms with van der Waals surface area (Å²) in [6.45, 7) is 6.10. The number of aromatic amines is 4. The van der Waals surface area contributed by atoms with Gasteiger partial charge in [-0.05, 0) is 38.5 Å². The molecule has 1 aromatic carbocycles. The van der Waals surface area contributed by atoms with Gasteiger partial charge in [-0.25, -0.2) is 0 Å². The van der Waals surface area contributed by atoms with Crippen molar-refractivity contribution in [2.24, 2.45) is 0 Å². The van der Waals surface area contributed by atoms with Crippen molar-refractivity contribution < 1.29 is 4.74 Å². The van der Waals surface area contributed by atoms with Crippen LogP contribution in [0.15, 0.2) is 27.8 Å². The molecule has 3 aromatic rings. The number of benzene rings is 1. The van der Waals surface area contributed by atoms with Crippen LogP contribution in [0.25, 0.3) is 0 Å². The molecule has 7 nitrogen and oxygen atoms in total. The summed E-state index contributed by atoms with van der Waals surface area (Å²) < 4.78 is 5.87. The van der Waals surface area contributed by atoms with Crippen molar-refractivity contribution in [2.45, 2.75) is 33.1 Å².